The number of fused-ring (bicyclic) bond motifs is 1. The molecule has 0 saturated heterocycles. The van der Waals surface area contributed by atoms with Crippen LogP contribution in [-0.2, 0) is 9.59 Å². The van der Waals surface area contributed by atoms with Gasteiger partial charge in [-0.3, -0.25) is 14.5 Å². The Labute approximate surface area is 171 Å². The van der Waals surface area contributed by atoms with Crippen LogP contribution in [0.5, 0.6) is 5.75 Å². The molecule has 8 heteroatoms. The average Bonchev–Trinajstić information content (AvgIpc) is 3.25. The summed E-state index contributed by atoms with van der Waals surface area (Å²) in [4.78, 5) is 29.7. The van der Waals surface area contributed by atoms with Crippen LogP contribution in [0.15, 0.2) is 54.2 Å². The molecule has 2 N–H and O–H groups in total. The molecule has 0 atom stereocenters. The number of imide groups is 1. The lowest BCUT2D eigenvalue weighted by atomic mass is 10.2. The number of anilines is 1. The smallest absolute Gasteiger partial charge is 0.277 e. The standard InChI is InChI=1S/C21H19N3O4S/c1-2-28-15-7-8-16-18(11-15)29-20(23-16)13-3-5-14(6-4-13)22-17-12-19(26)24(9-10-25)21(17)27/h3-8,11-12,22,25H,2,9-10H2,1H3. The number of aliphatic hydroxyl groups is 1. The molecule has 1 aliphatic heterocycles. The molecule has 4 rings (SSSR count). The molecule has 1 aromatic heterocycles. The Morgan fingerprint density at radius 2 is 1.97 bits per heavy atom. The van der Waals surface area contributed by atoms with Crippen molar-refractivity contribution >= 4 is 39.1 Å². The highest BCUT2D eigenvalue weighted by atomic mass is 32.1. The van der Waals surface area contributed by atoms with E-state index in [-0.39, 0.29) is 18.8 Å². The minimum atomic E-state index is -0.440. The molecule has 0 radical (unpaired) electrons. The van der Waals surface area contributed by atoms with E-state index in [4.69, 9.17) is 9.84 Å². The van der Waals surface area contributed by atoms with Crippen molar-refractivity contribution in [3.8, 4) is 16.3 Å². The third kappa shape index (κ3) is 3.85. The monoisotopic (exact) mass is 409 g/mol. The van der Waals surface area contributed by atoms with Gasteiger partial charge in [0.05, 0.1) is 30.0 Å². The predicted molar refractivity (Wildman–Crippen MR) is 112 cm³/mol. The van der Waals surface area contributed by atoms with E-state index < -0.39 is 11.8 Å². The summed E-state index contributed by atoms with van der Waals surface area (Å²) in [6.45, 7) is 2.30. The second kappa shape index (κ2) is 8.02. The largest absolute Gasteiger partial charge is 0.494 e. The van der Waals surface area contributed by atoms with E-state index in [1.54, 1.807) is 11.3 Å². The molecule has 0 fully saturated rings. The maximum Gasteiger partial charge on any atom is 0.277 e. The first-order valence-electron chi connectivity index (χ1n) is 9.18. The van der Waals surface area contributed by atoms with E-state index in [1.165, 1.54) is 6.08 Å². The van der Waals surface area contributed by atoms with Crippen LogP contribution < -0.4 is 10.1 Å². The van der Waals surface area contributed by atoms with Crippen molar-refractivity contribution in [2.75, 3.05) is 25.1 Å². The first-order chi connectivity index (χ1) is 14.1. The number of hydrogen-bond acceptors (Lipinski definition) is 7. The quantitative estimate of drug-likeness (QED) is 0.583. The van der Waals surface area contributed by atoms with Gasteiger partial charge in [-0.2, -0.15) is 0 Å². The SMILES string of the molecule is CCOc1ccc2nc(-c3ccc(NC4=CC(=O)N(CCO)C4=O)cc3)sc2c1. The third-order valence-electron chi connectivity index (χ3n) is 4.41. The van der Waals surface area contributed by atoms with E-state index in [0.717, 1.165) is 31.4 Å². The number of β-amino-alcohol motifs (C(OH)–C–C–N with tert-alkyl or cyclic N) is 1. The van der Waals surface area contributed by atoms with Gasteiger partial charge in [0.25, 0.3) is 11.8 Å². The van der Waals surface area contributed by atoms with Crippen molar-refractivity contribution in [1.29, 1.82) is 0 Å². The van der Waals surface area contributed by atoms with E-state index in [9.17, 15) is 9.59 Å². The topological polar surface area (TPSA) is 91.8 Å². The molecule has 1 aliphatic rings. The van der Waals surface area contributed by atoms with Crippen LogP contribution in [0.2, 0.25) is 0 Å². The van der Waals surface area contributed by atoms with Crippen LogP contribution in [-0.4, -0.2) is 46.6 Å². The summed E-state index contributed by atoms with van der Waals surface area (Å²) in [6, 6.07) is 13.3. The molecular weight excluding hydrogens is 390 g/mol. The van der Waals surface area contributed by atoms with Gasteiger partial charge >= 0.3 is 0 Å². The van der Waals surface area contributed by atoms with Gasteiger partial charge in [-0.1, -0.05) is 0 Å². The first kappa shape index (κ1) is 19.1. The van der Waals surface area contributed by atoms with Gasteiger partial charge in [-0.15, -0.1) is 11.3 Å². The van der Waals surface area contributed by atoms with Gasteiger partial charge in [0.2, 0.25) is 0 Å². The number of rotatable bonds is 7. The van der Waals surface area contributed by atoms with E-state index >= 15 is 0 Å². The lowest BCUT2D eigenvalue weighted by molar-refractivity contribution is -0.137. The number of carbonyl (C=O) groups excluding carboxylic acids is 2. The number of nitrogens with one attached hydrogen (secondary N) is 1. The highest BCUT2D eigenvalue weighted by Gasteiger charge is 2.30. The summed E-state index contributed by atoms with van der Waals surface area (Å²) >= 11 is 1.58. The molecule has 7 nitrogen and oxygen atoms in total. The number of thiazole rings is 1. The summed E-state index contributed by atoms with van der Waals surface area (Å²) in [5.41, 5.74) is 2.76. The van der Waals surface area contributed by atoms with Gasteiger partial charge in [0, 0.05) is 17.3 Å². The third-order valence-corrected chi connectivity index (χ3v) is 5.48. The Kier molecular flexibility index (Phi) is 5.28. The maximum absolute atomic E-state index is 12.2. The summed E-state index contributed by atoms with van der Waals surface area (Å²) in [7, 11) is 0. The molecule has 0 bridgehead atoms. The molecule has 0 spiro atoms. The van der Waals surface area contributed by atoms with Gasteiger partial charge in [-0.25, -0.2) is 4.98 Å². The van der Waals surface area contributed by atoms with E-state index in [1.807, 2.05) is 49.4 Å². The first-order valence-corrected chi connectivity index (χ1v) is 10.00. The lowest BCUT2D eigenvalue weighted by Crippen LogP contribution is -2.34. The number of hydrogen-bond donors (Lipinski definition) is 2. The summed E-state index contributed by atoms with van der Waals surface area (Å²) in [5, 5.41) is 12.8. The Bertz CT molecular complexity index is 1100. The van der Waals surface area contributed by atoms with Crippen molar-refractivity contribution in [1.82, 2.24) is 9.88 Å². The zero-order valence-corrected chi connectivity index (χ0v) is 16.5. The molecule has 2 heterocycles. The normalized spacial score (nSPS) is 13.9. The number of nitrogens with zero attached hydrogens (tertiary/aromatic N) is 2. The van der Waals surface area contributed by atoms with Crippen molar-refractivity contribution < 1.29 is 19.4 Å². The second-order valence-electron chi connectivity index (χ2n) is 6.36. The molecular formula is C21H19N3O4S. The van der Waals surface area contributed by atoms with Crippen molar-refractivity contribution in [2.45, 2.75) is 6.92 Å². The van der Waals surface area contributed by atoms with Crippen LogP contribution in [0, 0.1) is 0 Å². The molecule has 29 heavy (non-hydrogen) atoms. The van der Waals surface area contributed by atoms with Crippen LogP contribution in [0.3, 0.4) is 0 Å². The van der Waals surface area contributed by atoms with Crippen molar-refractivity contribution in [3.63, 3.8) is 0 Å². The molecule has 0 aliphatic carbocycles. The molecule has 2 amide bonds. The maximum atomic E-state index is 12.2. The zero-order chi connectivity index (χ0) is 20.4. The van der Waals surface area contributed by atoms with Crippen molar-refractivity contribution in [3.05, 3.63) is 54.2 Å². The predicted octanol–water partition coefficient (Wildman–Crippen LogP) is 3.02. The summed E-state index contributed by atoms with van der Waals surface area (Å²) < 4.78 is 6.60. The Morgan fingerprint density at radius 1 is 1.17 bits per heavy atom. The van der Waals surface area contributed by atoms with Crippen LogP contribution in [0.25, 0.3) is 20.8 Å². The Hall–Kier alpha value is -3.23. The van der Waals surface area contributed by atoms with Gasteiger partial charge in [0.15, 0.2) is 0 Å². The molecule has 0 unspecified atom stereocenters. The summed E-state index contributed by atoms with van der Waals surface area (Å²) in [5.74, 6) is -0.0393. The van der Waals surface area contributed by atoms with Crippen LogP contribution in [0.4, 0.5) is 5.69 Å². The van der Waals surface area contributed by atoms with Gasteiger partial charge < -0.3 is 15.2 Å². The van der Waals surface area contributed by atoms with Gasteiger partial charge in [0.1, 0.15) is 16.5 Å². The van der Waals surface area contributed by atoms with E-state index in [2.05, 4.69) is 10.3 Å². The molecule has 2 aromatic carbocycles. The average molecular weight is 409 g/mol. The molecule has 148 valence electrons. The van der Waals surface area contributed by atoms with Crippen molar-refractivity contribution in [2.24, 2.45) is 0 Å². The fraction of sp³-hybridized carbons (Fsp3) is 0.190. The van der Waals surface area contributed by atoms with E-state index in [0.29, 0.717) is 12.3 Å². The molecule has 3 aromatic rings. The minimum absolute atomic E-state index is 0.0130. The Balaban J connectivity index is 1.51. The Morgan fingerprint density at radius 3 is 2.69 bits per heavy atom. The summed E-state index contributed by atoms with van der Waals surface area (Å²) in [6.07, 6.45) is 1.25. The second-order valence-corrected chi connectivity index (χ2v) is 7.39. The fourth-order valence-electron chi connectivity index (χ4n) is 3.05. The van der Waals surface area contributed by atoms with Gasteiger partial charge in [-0.05, 0) is 49.4 Å². The number of amides is 2. The number of aliphatic hydroxyl groups excluding tert-OH is 1. The van der Waals surface area contributed by atoms with Crippen LogP contribution >= 0.6 is 11.3 Å². The fourth-order valence-corrected chi connectivity index (χ4v) is 4.05. The number of aromatic nitrogens is 1. The highest BCUT2D eigenvalue weighted by molar-refractivity contribution is 7.21. The number of ether oxygens (including phenoxy) is 1. The van der Waals surface area contributed by atoms with Crippen LogP contribution in [0.1, 0.15) is 6.92 Å². The number of benzene rings is 2. The molecule has 0 saturated carbocycles. The lowest BCUT2D eigenvalue weighted by Gasteiger charge is -2.13. The minimum Gasteiger partial charge on any atom is -0.494 e. The zero-order valence-electron chi connectivity index (χ0n) is 15.7. The number of carbonyl (C=O) groups is 2. The highest BCUT2D eigenvalue weighted by Crippen LogP contribution is 2.33.